The topological polar surface area (TPSA) is 546 Å². The molecule has 2 fully saturated rings. The smallest absolute Gasteiger partial charge is 0.246 e. The van der Waals surface area contributed by atoms with Gasteiger partial charge in [-0.25, -0.2) is 0 Å². The molecule has 1 aromatic carbocycles. The lowest BCUT2D eigenvalue weighted by atomic mass is 9.94. The molecule has 15 atom stereocenters. The van der Waals surface area contributed by atoms with Crippen molar-refractivity contribution in [2.75, 3.05) is 32.9 Å². The number of aliphatic hydroxyl groups excluding tert-OH is 8. The lowest BCUT2D eigenvalue weighted by Crippen LogP contribution is -2.60. The Morgan fingerprint density at radius 2 is 1.15 bits per heavy atom. The second-order valence-corrected chi connectivity index (χ2v) is 20.7. The second-order valence-electron chi connectivity index (χ2n) is 20.7. The van der Waals surface area contributed by atoms with Gasteiger partial charge in [0.1, 0.15) is 72.5 Å². The molecule has 32 nitrogen and oxygen atoms in total. The van der Waals surface area contributed by atoms with Crippen LogP contribution in [0.5, 0.6) is 5.75 Å². The molecule has 0 bridgehead atoms. The minimum atomic E-state index is -2.09. The Bertz CT molecular complexity index is 2320. The zero-order valence-electron chi connectivity index (χ0n) is 46.8. The molecule has 1 aromatic rings. The number of unbranched alkanes of at least 4 members (excludes halogenated alkanes) is 8. The number of phenols is 1. The summed E-state index contributed by atoms with van der Waals surface area (Å²) in [5.74, 6) is -12.8. The maximum atomic E-state index is 14.2. The van der Waals surface area contributed by atoms with Crippen molar-refractivity contribution in [3.8, 4) is 5.75 Å². The van der Waals surface area contributed by atoms with Crippen LogP contribution in [0.15, 0.2) is 24.3 Å². The molecule has 2 aliphatic rings. The van der Waals surface area contributed by atoms with E-state index in [-0.39, 0.29) is 30.7 Å². The van der Waals surface area contributed by atoms with Crippen molar-refractivity contribution in [3.05, 3.63) is 29.8 Å². The zero-order chi connectivity index (χ0) is 62.6. The summed E-state index contributed by atoms with van der Waals surface area (Å²) in [6, 6.07) is -8.76. The molecule has 2 unspecified atom stereocenters. The Hall–Kier alpha value is -6.72. The van der Waals surface area contributed by atoms with Crippen LogP contribution in [-0.2, 0) is 57.4 Å². The van der Waals surface area contributed by atoms with Crippen molar-refractivity contribution in [2.24, 2.45) is 17.2 Å². The van der Waals surface area contributed by atoms with Gasteiger partial charge in [0.05, 0.1) is 51.4 Å². The highest BCUT2D eigenvalue weighted by molar-refractivity contribution is 5.99. The van der Waals surface area contributed by atoms with Gasteiger partial charge in [-0.15, -0.1) is 0 Å². The highest BCUT2D eigenvalue weighted by Gasteiger charge is 2.42. The average Bonchev–Trinajstić information content (AvgIpc) is 3.43. The molecule has 0 radical (unpaired) electrons. The van der Waals surface area contributed by atoms with E-state index in [1.165, 1.54) is 12.1 Å². The Morgan fingerprint density at radius 3 is 1.74 bits per heavy atom. The number of carbonyl (C=O) groups is 10. The normalized spacial score (nSPS) is 27.3. The van der Waals surface area contributed by atoms with Gasteiger partial charge in [-0.2, -0.15) is 0 Å². The van der Waals surface area contributed by atoms with Crippen LogP contribution in [0.4, 0.5) is 0 Å². The van der Waals surface area contributed by atoms with Crippen molar-refractivity contribution in [3.63, 3.8) is 0 Å². The third-order valence-corrected chi connectivity index (χ3v) is 13.8. The molecule has 32 heteroatoms. The van der Waals surface area contributed by atoms with Crippen molar-refractivity contribution < 1.29 is 103 Å². The Labute approximate surface area is 484 Å². The number of carbonyl (C=O) groups excluding carboxylic acids is 10. The molecule has 23 N–H and O–H groups in total. The summed E-state index contributed by atoms with van der Waals surface area (Å²) in [5, 5.41) is 115. The van der Waals surface area contributed by atoms with E-state index in [2.05, 4.69) is 49.5 Å². The summed E-state index contributed by atoms with van der Waals surface area (Å²) in [6.07, 6.45) is -10.2. The fourth-order valence-corrected chi connectivity index (χ4v) is 9.09. The summed E-state index contributed by atoms with van der Waals surface area (Å²) in [6.45, 7) is -2.08. The molecule has 2 heterocycles. The highest BCUT2D eigenvalue weighted by atomic mass is 16.7. The van der Waals surface area contributed by atoms with Crippen LogP contribution >= 0.6 is 0 Å². The summed E-state index contributed by atoms with van der Waals surface area (Å²) in [4.78, 5) is 135. The summed E-state index contributed by atoms with van der Waals surface area (Å²) < 4.78 is 11.4. The third-order valence-electron chi connectivity index (χ3n) is 13.8. The second kappa shape index (κ2) is 36.9. The van der Waals surface area contributed by atoms with Crippen LogP contribution < -0.4 is 59.7 Å². The summed E-state index contributed by atoms with van der Waals surface area (Å²) in [5.41, 5.74) is 16.4. The van der Waals surface area contributed by atoms with E-state index in [0.717, 1.165) is 57.1 Å². The van der Waals surface area contributed by atoms with Gasteiger partial charge in [-0.3, -0.25) is 47.9 Å². The third kappa shape index (κ3) is 24.1. The number of aromatic hydroxyl groups is 1. The minimum absolute atomic E-state index is 0.00362. The van der Waals surface area contributed by atoms with Gasteiger partial charge in [0.2, 0.25) is 59.1 Å². The maximum Gasteiger partial charge on any atom is 0.246 e. The zero-order valence-corrected chi connectivity index (χ0v) is 46.8. The van der Waals surface area contributed by atoms with Crippen LogP contribution in [0.2, 0.25) is 0 Å². The Morgan fingerprint density at radius 1 is 0.643 bits per heavy atom. The molecular formula is C52H85N11O21. The maximum absolute atomic E-state index is 14.2. The summed E-state index contributed by atoms with van der Waals surface area (Å²) >= 11 is 0. The summed E-state index contributed by atoms with van der Waals surface area (Å²) in [7, 11) is 0. The lowest BCUT2D eigenvalue weighted by molar-refractivity contribution is -0.293. The molecular weight excluding hydrogens is 1110 g/mol. The number of ether oxygens (including phenoxy) is 2. The van der Waals surface area contributed by atoms with Gasteiger partial charge in [0.15, 0.2) is 6.29 Å². The Kier molecular flexibility index (Phi) is 31.4. The van der Waals surface area contributed by atoms with Crippen molar-refractivity contribution in [2.45, 2.75) is 195 Å². The van der Waals surface area contributed by atoms with Crippen LogP contribution in [-0.4, -0.2) is 223 Å². The van der Waals surface area contributed by atoms with Gasteiger partial charge in [0.25, 0.3) is 0 Å². The van der Waals surface area contributed by atoms with Gasteiger partial charge >= 0.3 is 0 Å². The van der Waals surface area contributed by atoms with E-state index >= 15 is 0 Å². The molecule has 0 spiro atoms. The first kappa shape index (κ1) is 71.5. The lowest BCUT2D eigenvalue weighted by Gasteiger charge is -2.38. The molecule has 0 saturated carbocycles. The van der Waals surface area contributed by atoms with E-state index in [1.54, 1.807) is 0 Å². The standard InChI is InChI=1S/C52H85N11O21/c1-2-3-4-5-6-7-8-9-10-11-36(84-52-45(76)44(75)35(68)25-83-52)43(74)34(67)18-27-19-39(71)59-32(23-64)50(81)63-41(42(73)26-12-14-28(66)15-13-26)51(82)60-29(16-17-53)46(77)56-22-40(72)58-30(20-37(54)69)48(79)62-33(24-65)49(80)61-31(21-38(55)70)47(78)57-27/h12-15,27,29-36,41-45,52,64-68,73-76H,2-11,16-25,53H2,1H3,(H2,54,69)(H2,55,70)(H,56,77)(H,57,78)(H,58,72)(H,59,71)(H,60,82)(H,61,80)(H,62,79)(H,63,81)/t27-,29-,30+,31+,32-,33+,34-,35-,36+,41?,42?,43-,44+,45-,52+/m1/s1. The predicted molar refractivity (Wildman–Crippen MR) is 291 cm³/mol. The largest absolute Gasteiger partial charge is 0.508 e. The number of phenolic OH excluding ortho intramolecular Hbond substituents is 1. The minimum Gasteiger partial charge on any atom is -0.508 e. The fraction of sp³-hybridized carbons (Fsp3) is 0.692. The number of hydrogen-bond acceptors (Lipinski definition) is 22. The van der Waals surface area contributed by atoms with Gasteiger partial charge in [0, 0.05) is 12.5 Å². The Balaban J connectivity index is 2.12. The monoisotopic (exact) mass is 1200 g/mol. The van der Waals surface area contributed by atoms with Crippen LogP contribution in [0.25, 0.3) is 0 Å². The fourth-order valence-electron chi connectivity index (χ4n) is 9.09. The van der Waals surface area contributed by atoms with Crippen molar-refractivity contribution in [1.29, 1.82) is 0 Å². The first-order valence-electron chi connectivity index (χ1n) is 27.8. The van der Waals surface area contributed by atoms with E-state index in [1.807, 2.05) is 0 Å². The van der Waals surface area contributed by atoms with E-state index in [9.17, 15) is 93.9 Å². The number of nitrogens with one attached hydrogen (secondary N) is 8. The predicted octanol–water partition coefficient (Wildman–Crippen LogP) is -7.72. The number of benzene rings is 1. The number of nitrogens with two attached hydrogens (primary N) is 3. The van der Waals surface area contributed by atoms with Crippen LogP contribution in [0, 0.1) is 0 Å². The molecule has 0 aromatic heterocycles. The van der Waals surface area contributed by atoms with Gasteiger partial charge in [-0.1, -0.05) is 76.8 Å². The number of primary amides is 2. The average molecular weight is 1200 g/mol. The molecule has 474 valence electrons. The van der Waals surface area contributed by atoms with Crippen LogP contribution in [0.3, 0.4) is 0 Å². The number of aliphatic hydroxyl groups is 8. The number of amides is 10. The quantitative estimate of drug-likeness (QED) is 0.0383. The van der Waals surface area contributed by atoms with E-state index in [4.69, 9.17) is 26.7 Å². The molecule has 2 aliphatic heterocycles. The van der Waals surface area contributed by atoms with Gasteiger partial charge in [-0.05, 0) is 43.5 Å². The SMILES string of the molecule is CCCCCCCCCCC[C@H](O[C@@H]1OC[C@@H](O)[C@H](O)[C@H]1O)[C@H](O)[C@H](O)C[C@@H]1CC(=O)N[C@H](CO)C(=O)NC(C(O)c2ccc(O)cc2)C(=O)N[C@H](CCN)C(=O)NCC(=O)N[C@@H](CC(N)=O)C(=O)N[C@@H](CO)C(=O)N[C@@H](CC(N)=O)C(=O)N1. The molecule has 0 aliphatic carbocycles. The van der Waals surface area contributed by atoms with Crippen LogP contribution in [0.1, 0.15) is 115 Å². The van der Waals surface area contributed by atoms with Crippen molar-refractivity contribution in [1.82, 2.24) is 42.5 Å². The van der Waals surface area contributed by atoms with E-state index in [0.29, 0.717) is 12.8 Å². The molecule has 10 amide bonds. The molecule has 84 heavy (non-hydrogen) atoms. The molecule has 3 rings (SSSR count). The van der Waals surface area contributed by atoms with Gasteiger partial charge < -0.3 is 115 Å². The first-order chi connectivity index (χ1) is 39.8. The number of rotatable bonds is 26. The highest BCUT2D eigenvalue weighted by Crippen LogP contribution is 2.25. The molecule has 2 saturated heterocycles. The van der Waals surface area contributed by atoms with E-state index < -0.39 is 202 Å². The number of hydrogen-bond donors (Lipinski definition) is 20. The first-order valence-corrected chi connectivity index (χ1v) is 27.8. The van der Waals surface area contributed by atoms with Crippen molar-refractivity contribution >= 4 is 59.1 Å².